The Bertz CT molecular complexity index is 423. The van der Waals surface area contributed by atoms with Gasteiger partial charge in [-0.1, -0.05) is 12.1 Å². The van der Waals surface area contributed by atoms with E-state index in [1.165, 1.54) is 4.90 Å². The van der Waals surface area contributed by atoms with Gasteiger partial charge in [0.25, 0.3) is 11.7 Å². The largest absolute Gasteiger partial charge is 0.305 e. The van der Waals surface area contributed by atoms with Gasteiger partial charge in [-0.3, -0.25) is 9.59 Å². The van der Waals surface area contributed by atoms with Gasteiger partial charge < -0.3 is 4.90 Å². The van der Waals surface area contributed by atoms with Crippen LogP contribution in [0.25, 0.3) is 0 Å². The fraction of sp³-hybridized carbons (Fsp3) is 0.273. The van der Waals surface area contributed by atoms with Crippen LogP contribution in [-0.2, 0) is 4.79 Å². The Kier molecular flexibility index (Phi) is 1.88. The molecule has 2 rings (SSSR count). The van der Waals surface area contributed by atoms with E-state index in [0.717, 1.165) is 11.3 Å². The molecule has 14 heavy (non-hydrogen) atoms. The van der Waals surface area contributed by atoms with Crippen LogP contribution >= 0.6 is 0 Å². The highest BCUT2D eigenvalue weighted by Crippen LogP contribution is 2.30. The molecule has 0 saturated heterocycles. The summed E-state index contributed by atoms with van der Waals surface area (Å²) in [6, 6.07) is 5.53. The lowest BCUT2D eigenvalue weighted by Gasteiger charge is -2.12. The van der Waals surface area contributed by atoms with Crippen LogP contribution in [0.1, 0.15) is 22.8 Å². The third-order valence-electron chi connectivity index (χ3n) is 2.52. The molecule has 0 N–H and O–H groups in total. The van der Waals surface area contributed by atoms with Crippen LogP contribution < -0.4 is 4.90 Å². The van der Waals surface area contributed by atoms with Crippen LogP contribution in [0, 0.1) is 6.92 Å². The number of aryl methyl sites for hydroxylation is 1. The Labute approximate surface area is 82.3 Å². The van der Waals surface area contributed by atoms with Gasteiger partial charge in [0.05, 0.1) is 11.3 Å². The summed E-state index contributed by atoms with van der Waals surface area (Å²) >= 11 is 0. The van der Waals surface area contributed by atoms with E-state index in [4.69, 9.17) is 0 Å². The Morgan fingerprint density at radius 3 is 2.64 bits per heavy atom. The maximum Gasteiger partial charge on any atom is 0.299 e. The molecule has 1 aliphatic heterocycles. The third-order valence-corrected chi connectivity index (χ3v) is 2.52. The molecular formula is C11H11NO2. The van der Waals surface area contributed by atoms with E-state index in [9.17, 15) is 9.59 Å². The SMILES string of the molecule is CCN1C(=O)C(=O)c2c(C)cccc21. The lowest BCUT2D eigenvalue weighted by molar-refractivity contribution is -0.114. The topological polar surface area (TPSA) is 37.4 Å². The number of benzene rings is 1. The molecule has 3 nitrogen and oxygen atoms in total. The number of hydrogen-bond acceptors (Lipinski definition) is 2. The number of Topliss-reactive ketones (excluding diaryl/α,β-unsaturated/α-hetero) is 1. The van der Waals surface area contributed by atoms with Gasteiger partial charge >= 0.3 is 0 Å². The molecule has 1 heterocycles. The highest BCUT2D eigenvalue weighted by Gasteiger charge is 2.35. The summed E-state index contributed by atoms with van der Waals surface area (Å²) in [5.41, 5.74) is 2.19. The average Bonchev–Trinajstić information content (AvgIpc) is 2.41. The van der Waals surface area contributed by atoms with E-state index in [1.54, 1.807) is 0 Å². The predicted octanol–water partition coefficient (Wildman–Crippen LogP) is 1.54. The van der Waals surface area contributed by atoms with Gasteiger partial charge in [0.15, 0.2) is 0 Å². The van der Waals surface area contributed by atoms with Crippen LogP contribution in [-0.4, -0.2) is 18.2 Å². The number of anilines is 1. The molecular weight excluding hydrogens is 178 g/mol. The van der Waals surface area contributed by atoms with Crippen molar-refractivity contribution >= 4 is 17.4 Å². The summed E-state index contributed by atoms with van der Waals surface area (Å²) in [5.74, 6) is -0.781. The van der Waals surface area contributed by atoms with Gasteiger partial charge in [-0.2, -0.15) is 0 Å². The number of ketones is 1. The maximum atomic E-state index is 11.6. The summed E-state index contributed by atoms with van der Waals surface area (Å²) in [6.07, 6.45) is 0. The van der Waals surface area contributed by atoms with E-state index in [2.05, 4.69) is 0 Å². The number of fused-ring (bicyclic) bond motifs is 1. The van der Waals surface area contributed by atoms with Crippen molar-refractivity contribution < 1.29 is 9.59 Å². The summed E-state index contributed by atoms with van der Waals surface area (Å²) in [7, 11) is 0. The highest BCUT2D eigenvalue weighted by molar-refractivity contribution is 6.52. The fourth-order valence-electron chi connectivity index (χ4n) is 1.83. The molecule has 0 unspecified atom stereocenters. The maximum absolute atomic E-state index is 11.6. The molecule has 72 valence electrons. The zero-order valence-electron chi connectivity index (χ0n) is 8.20. The van der Waals surface area contributed by atoms with E-state index < -0.39 is 5.91 Å². The van der Waals surface area contributed by atoms with Crippen LogP contribution in [0.4, 0.5) is 5.69 Å². The van der Waals surface area contributed by atoms with Crippen LogP contribution in [0.2, 0.25) is 0 Å². The second-order valence-corrected chi connectivity index (χ2v) is 3.35. The Morgan fingerprint density at radius 2 is 2.00 bits per heavy atom. The standard InChI is InChI=1S/C11H11NO2/c1-3-12-8-6-4-5-7(2)9(8)10(13)11(12)14/h4-6H,3H2,1-2H3. The molecule has 1 aromatic carbocycles. The molecule has 1 aliphatic rings. The molecule has 0 saturated carbocycles. The van der Waals surface area contributed by atoms with Crippen molar-refractivity contribution in [2.75, 3.05) is 11.4 Å². The van der Waals surface area contributed by atoms with Crippen LogP contribution in [0.3, 0.4) is 0 Å². The zero-order chi connectivity index (χ0) is 10.3. The summed E-state index contributed by atoms with van der Waals surface area (Å²) < 4.78 is 0. The second kappa shape index (κ2) is 2.94. The lowest BCUT2D eigenvalue weighted by atomic mass is 10.1. The van der Waals surface area contributed by atoms with Gasteiger partial charge in [-0.25, -0.2) is 0 Å². The average molecular weight is 189 g/mol. The van der Waals surface area contributed by atoms with Crippen molar-refractivity contribution in [3.8, 4) is 0 Å². The predicted molar refractivity (Wildman–Crippen MR) is 53.5 cm³/mol. The van der Waals surface area contributed by atoms with Crippen molar-refractivity contribution in [3.63, 3.8) is 0 Å². The summed E-state index contributed by atoms with van der Waals surface area (Å²) in [5, 5.41) is 0. The fourth-order valence-corrected chi connectivity index (χ4v) is 1.83. The smallest absolute Gasteiger partial charge is 0.299 e. The number of carbonyl (C=O) groups is 2. The molecule has 3 heteroatoms. The van der Waals surface area contributed by atoms with E-state index >= 15 is 0 Å². The molecule has 0 spiro atoms. The van der Waals surface area contributed by atoms with E-state index in [-0.39, 0.29) is 5.78 Å². The molecule has 1 aromatic rings. The van der Waals surface area contributed by atoms with Crippen molar-refractivity contribution in [1.82, 2.24) is 0 Å². The Balaban J connectivity index is 2.67. The molecule has 0 aromatic heterocycles. The minimum atomic E-state index is -0.406. The third kappa shape index (κ3) is 0.985. The van der Waals surface area contributed by atoms with Gasteiger partial charge in [0, 0.05) is 6.54 Å². The van der Waals surface area contributed by atoms with Gasteiger partial charge in [0.1, 0.15) is 0 Å². The number of amides is 1. The van der Waals surface area contributed by atoms with E-state index in [1.807, 2.05) is 32.0 Å². The Hall–Kier alpha value is -1.64. The minimum Gasteiger partial charge on any atom is -0.305 e. The minimum absolute atomic E-state index is 0.375. The van der Waals surface area contributed by atoms with Crippen LogP contribution in [0.15, 0.2) is 18.2 Å². The summed E-state index contributed by atoms with van der Waals surface area (Å²) in [4.78, 5) is 24.6. The first kappa shape index (κ1) is 8.94. The zero-order valence-corrected chi connectivity index (χ0v) is 8.20. The summed E-state index contributed by atoms with van der Waals surface area (Å²) in [6.45, 7) is 4.26. The normalized spacial score (nSPS) is 14.9. The van der Waals surface area contributed by atoms with Crippen molar-refractivity contribution in [2.45, 2.75) is 13.8 Å². The number of hydrogen-bond donors (Lipinski definition) is 0. The van der Waals surface area contributed by atoms with Gasteiger partial charge in [-0.05, 0) is 25.5 Å². The highest BCUT2D eigenvalue weighted by atomic mass is 16.2. The number of rotatable bonds is 1. The number of likely N-dealkylation sites (N-methyl/N-ethyl adjacent to an activating group) is 1. The molecule has 1 amide bonds. The number of carbonyl (C=O) groups excluding carboxylic acids is 2. The second-order valence-electron chi connectivity index (χ2n) is 3.35. The van der Waals surface area contributed by atoms with Crippen molar-refractivity contribution in [2.24, 2.45) is 0 Å². The van der Waals surface area contributed by atoms with Gasteiger partial charge in [0.2, 0.25) is 0 Å². The number of nitrogens with zero attached hydrogens (tertiary/aromatic N) is 1. The molecule has 0 bridgehead atoms. The molecule has 0 atom stereocenters. The first-order valence-electron chi connectivity index (χ1n) is 4.62. The molecule has 0 fully saturated rings. The van der Waals surface area contributed by atoms with E-state index in [0.29, 0.717) is 12.1 Å². The quantitative estimate of drug-likeness (QED) is 0.628. The monoisotopic (exact) mass is 189 g/mol. The first-order chi connectivity index (χ1) is 6.66. The van der Waals surface area contributed by atoms with Crippen LogP contribution in [0.5, 0.6) is 0 Å². The molecule has 0 aliphatic carbocycles. The van der Waals surface area contributed by atoms with Gasteiger partial charge in [-0.15, -0.1) is 0 Å². The van der Waals surface area contributed by atoms with Crippen molar-refractivity contribution in [3.05, 3.63) is 29.3 Å². The first-order valence-corrected chi connectivity index (χ1v) is 4.62. The van der Waals surface area contributed by atoms with Crippen molar-refractivity contribution in [1.29, 1.82) is 0 Å². The lowest BCUT2D eigenvalue weighted by Crippen LogP contribution is -2.29. The Morgan fingerprint density at radius 1 is 1.29 bits per heavy atom. The molecule has 0 radical (unpaired) electrons.